The number of hydrogen-bond donors (Lipinski definition) is 0. The van der Waals surface area contributed by atoms with Gasteiger partial charge in [-0.2, -0.15) is 10.2 Å². The fourth-order valence-corrected chi connectivity index (χ4v) is 5.98. The fraction of sp³-hybridized carbons (Fsp3) is 0.467. The summed E-state index contributed by atoms with van der Waals surface area (Å²) in [5, 5.41) is 28.9. The number of nitro groups is 1. The third-order valence-electron chi connectivity index (χ3n) is 9.25. The molecule has 318 valence electrons. The maximum absolute atomic E-state index is 11.7. The number of rotatable bonds is 30. The lowest BCUT2D eigenvalue weighted by molar-refractivity contribution is -0.384. The van der Waals surface area contributed by atoms with E-state index < -0.39 is 16.9 Å². The number of hydrogen-bond acceptors (Lipinski definition) is 13. The molecule has 3 rings (SSSR count). The Morgan fingerprint density at radius 1 is 0.644 bits per heavy atom. The Balaban J connectivity index is 1.94. The first kappa shape index (κ1) is 47.5. The third-order valence-corrected chi connectivity index (χ3v) is 9.25. The van der Waals surface area contributed by atoms with Crippen LogP contribution in [0.5, 0.6) is 11.5 Å². The first-order chi connectivity index (χ1) is 28.7. The lowest BCUT2D eigenvalue weighted by Crippen LogP contribution is -2.25. The number of aryl methyl sites for hydroxylation is 1. The molecule has 0 unspecified atom stereocenters. The van der Waals surface area contributed by atoms with Crippen LogP contribution >= 0.6 is 0 Å². The summed E-state index contributed by atoms with van der Waals surface area (Å²) in [6, 6.07) is 14.9. The number of benzene rings is 3. The zero-order chi connectivity index (χ0) is 42.7. The molecule has 0 aliphatic heterocycles. The number of non-ortho nitro benzene ring substituents is 1. The molecule has 3 aromatic carbocycles. The third kappa shape index (κ3) is 18.0. The Bertz CT molecular complexity index is 1830. The van der Waals surface area contributed by atoms with Gasteiger partial charge in [-0.15, -0.1) is 10.2 Å². The highest BCUT2D eigenvalue weighted by Crippen LogP contribution is 2.42. The number of azo groups is 2. The molecule has 0 amide bonds. The smallest absolute Gasteiger partial charge is 0.330 e. The van der Waals surface area contributed by atoms with E-state index in [2.05, 4.69) is 64.5 Å². The average Bonchev–Trinajstić information content (AvgIpc) is 3.24. The molecule has 0 spiro atoms. The van der Waals surface area contributed by atoms with Crippen LogP contribution < -0.4 is 14.4 Å². The number of nitro benzene ring substituents is 1. The zero-order valence-electron chi connectivity index (χ0n) is 34.9. The quantitative estimate of drug-likeness (QED) is 0.0159. The van der Waals surface area contributed by atoms with Crippen LogP contribution in [-0.2, 0) is 19.1 Å². The van der Waals surface area contributed by atoms with E-state index in [0.717, 1.165) is 49.3 Å². The predicted octanol–water partition coefficient (Wildman–Crippen LogP) is 12.5. The van der Waals surface area contributed by atoms with Gasteiger partial charge in [0.25, 0.3) is 5.69 Å². The molecule has 0 atom stereocenters. The minimum Gasteiger partial charge on any atom is -0.488 e. The van der Waals surface area contributed by atoms with Gasteiger partial charge in [0.05, 0.1) is 16.3 Å². The van der Waals surface area contributed by atoms with Crippen molar-refractivity contribution in [2.24, 2.45) is 20.5 Å². The summed E-state index contributed by atoms with van der Waals surface area (Å²) < 4.78 is 22.2. The van der Waals surface area contributed by atoms with Crippen molar-refractivity contribution in [1.82, 2.24) is 0 Å². The predicted molar refractivity (Wildman–Crippen MR) is 231 cm³/mol. The number of unbranched alkanes of at least 4 members (excludes halogenated alkanes) is 10. The second-order valence-corrected chi connectivity index (χ2v) is 13.9. The van der Waals surface area contributed by atoms with E-state index in [1.165, 1.54) is 88.5 Å². The monoisotopic (exact) mass is 812 g/mol. The fourth-order valence-electron chi connectivity index (χ4n) is 5.98. The SMILES string of the molecule is C=CC(=O)OCCOc1cc(N=Nc2ccc(N(CCCCCCCC)CCCCCCCC)cc2C)c(OCCOC(=O)C=C)cc1N=Nc1ccc([N+](=O)[O-])cc1. The van der Waals surface area contributed by atoms with Gasteiger partial charge in [0, 0.05) is 55.2 Å². The van der Waals surface area contributed by atoms with Gasteiger partial charge in [-0.1, -0.05) is 91.2 Å². The van der Waals surface area contributed by atoms with Gasteiger partial charge in [-0.05, 0) is 55.7 Å². The Morgan fingerprint density at radius 2 is 1.12 bits per heavy atom. The van der Waals surface area contributed by atoms with Crippen LogP contribution in [0.4, 0.5) is 34.1 Å². The molecule has 0 N–H and O–H groups in total. The molecule has 0 saturated heterocycles. The standard InChI is InChI=1S/C45H60N6O8/c1-6-10-12-14-16-18-26-50(27-19-17-15-13-11-7-2)38-24-25-39(35(5)32-38)47-49-41-34-42(56-28-30-58-44(52)8-3)40(33-43(41)57-29-31-59-45(53)9-4)48-46-36-20-22-37(23-21-36)51(54)55/h8-9,20-25,32-34H,3-4,6-7,10-19,26-31H2,1-2,5H3. The van der Waals surface area contributed by atoms with Crippen molar-refractivity contribution in [3.05, 3.63) is 95.6 Å². The Hall–Kier alpha value is -5.92. The average molecular weight is 813 g/mol. The van der Waals surface area contributed by atoms with E-state index in [0.29, 0.717) is 11.4 Å². The molecule has 0 aliphatic rings. The first-order valence-electron chi connectivity index (χ1n) is 20.6. The second-order valence-electron chi connectivity index (χ2n) is 13.9. The highest BCUT2D eigenvalue weighted by Gasteiger charge is 2.15. The van der Waals surface area contributed by atoms with Gasteiger partial charge in [0.15, 0.2) is 0 Å². The summed E-state index contributed by atoms with van der Waals surface area (Å²) in [4.78, 5) is 36.4. The van der Waals surface area contributed by atoms with Crippen LogP contribution in [0, 0.1) is 17.0 Å². The lowest BCUT2D eigenvalue weighted by atomic mass is 10.1. The molecule has 59 heavy (non-hydrogen) atoms. The molecule has 0 saturated carbocycles. The van der Waals surface area contributed by atoms with Crippen molar-refractivity contribution in [1.29, 1.82) is 0 Å². The number of nitrogens with zero attached hydrogens (tertiary/aromatic N) is 6. The molecule has 0 aliphatic carbocycles. The summed E-state index contributed by atoms with van der Waals surface area (Å²) in [7, 11) is 0. The summed E-state index contributed by atoms with van der Waals surface area (Å²) in [5.41, 5.74) is 3.54. The van der Waals surface area contributed by atoms with Gasteiger partial charge in [-0.3, -0.25) is 10.1 Å². The molecule has 0 fully saturated rings. The molecular formula is C45H60N6O8. The molecular weight excluding hydrogens is 753 g/mol. The van der Waals surface area contributed by atoms with Gasteiger partial charge < -0.3 is 23.8 Å². The highest BCUT2D eigenvalue weighted by molar-refractivity contribution is 5.81. The van der Waals surface area contributed by atoms with Gasteiger partial charge in [-0.25, -0.2) is 9.59 Å². The molecule has 0 aromatic heterocycles. The summed E-state index contributed by atoms with van der Waals surface area (Å²) >= 11 is 0. The topological polar surface area (TPSA) is 167 Å². The van der Waals surface area contributed by atoms with Gasteiger partial charge in [0.2, 0.25) is 0 Å². The Morgan fingerprint density at radius 3 is 1.59 bits per heavy atom. The maximum Gasteiger partial charge on any atom is 0.330 e. The van der Waals surface area contributed by atoms with Gasteiger partial charge >= 0.3 is 11.9 Å². The second kappa shape index (κ2) is 27.7. The van der Waals surface area contributed by atoms with Crippen molar-refractivity contribution in [3.8, 4) is 11.5 Å². The van der Waals surface area contributed by atoms with Crippen LogP contribution in [0.1, 0.15) is 96.5 Å². The number of carbonyl (C=O) groups excluding carboxylic acids is 2. The van der Waals surface area contributed by atoms with Crippen LogP contribution in [-0.4, -0.2) is 56.4 Å². The molecule has 0 radical (unpaired) electrons. The van der Waals surface area contributed by atoms with E-state index in [1.54, 1.807) is 12.1 Å². The minimum absolute atomic E-state index is 0.0283. The molecule has 14 nitrogen and oxygen atoms in total. The van der Waals surface area contributed by atoms with Crippen LogP contribution in [0.25, 0.3) is 0 Å². The first-order valence-corrected chi connectivity index (χ1v) is 20.6. The van der Waals surface area contributed by atoms with E-state index in [9.17, 15) is 19.7 Å². The van der Waals surface area contributed by atoms with Gasteiger partial charge in [0.1, 0.15) is 49.3 Å². The number of carbonyl (C=O) groups is 2. The summed E-state index contributed by atoms with van der Waals surface area (Å²) in [5.74, 6) is -0.735. The largest absolute Gasteiger partial charge is 0.488 e. The van der Waals surface area contributed by atoms with Crippen molar-refractivity contribution < 1.29 is 33.5 Å². The van der Waals surface area contributed by atoms with E-state index in [4.69, 9.17) is 18.9 Å². The Kier molecular flexibility index (Phi) is 22.3. The van der Waals surface area contributed by atoms with Crippen LogP contribution in [0.15, 0.2) is 100 Å². The summed E-state index contributed by atoms with van der Waals surface area (Å²) in [6.45, 7) is 15.1. The lowest BCUT2D eigenvalue weighted by Gasteiger charge is -2.26. The zero-order valence-corrected chi connectivity index (χ0v) is 34.9. The normalized spacial score (nSPS) is 11.1. The van der Waals surface area contributed by atoms with Crippen LogP contribution in [0.3, 0.4) is 0 Å². The highest BCUT2D eigenvalue weighted by atomic mass is 16.6. The summed E-state index contributed by atoms with van der Waals surface area (Å²) in [6.07, 6.45) is 17.0. The molecule has 3 aromatic rings. The number of ether oxygens (including phenoxy) is 4. The van der Waals surface area contributed by atoms with E-state index >= 15 is 0 Å². The van der Waals surface area contributed by atoms with Crippen molar-refractivity contribution >= 4 is 46.1 Å². The minimum atomic E-state index is -0.601. The number of anilines is 1. The number of esters is 2. The van der Waals surface area contributed by atoms with E-state index in [1.807, 2.05) is 13.0 Å². The Labute approximate surface area is 348 Å². The van der Waals surface area contributed by atoms with E-state index in [-0.39, 0.29) is 55.0 Å². The maximum atomic E-state index is 11.7. The van der Waals surface area contributed by atoms with Crippen LogP contribution in [0.2, 0.25) is 0 Å². The van der Waals surface area contributed by atoms with Crippen molar-refractivity contribution in [2.45, 2.75) is 97.8 Å². The van der Waals surface area contributed by atoms with Crippen molar-refractivity contribution in [3.63, 3.8) is 0 Å². The molecule has 0 bridgehead atoms. The molecule has 14 heteroatoms. The van der Waals surface area contributed by atoms with Crippen molar-refractivity contribution in [2.75, 3.05) is 44.4 Å². The molecule has 0 heterocycles.